The van der Waals surface area contributed by atoms with Crippen LogP contribution in [0.25, 0.3) is 0 Å². The molecule has 11 heavy (non-hydrogen) atoms. The van der Waals surface area contributed by atoms with Crippen LogP contribution in [0.15, 0.2) is 0 Å². The molecule has 4 atom stereocenters. The van der Waals surface area contributed by atoms with Gasteiger partial charge in [-0.1, -0.05) is 0 Å². The molecule has 0 amide bonds. The molecule has 0 aliphatic carbocycles. The SMILES string of the molecule is CO[C@@H]1CO[C@@H](O)[C@@H](O)[C@@H]1O. The van der Waals surface area contributed by atoms with Gasteiger partial charge in [-0.3, -0.25) is 0 Å². The molecule has 0 spiro atoms. The van der Waals surface area contributed by atoms with Gasteiger partial charge >= 0.3 is 0 Å². The lowest BCUT2D eigenvalue weighted by atomic mass is 10.1. The van der Waals surface area contributed by atoms with Crippen molar-refractivity contribution in [1.82, 2.24) is 0 Å². The lowest BCUT2D eigenvalue weighted by Gasteiger charge is -2.33. The Hall–Kier alpha value is -0.200. The van der Waals surface area contributed by atoms with Gasteiger partial charge in [0, 0.05) is 7.11 Å². The fourth-order valence-corrected chi connectivity index (χ4v) is 0.987. The van der Waals surface area contributed by atoms with Gasteiger partial charge in [-0.25, -0.2) is 0 Å². The zero-order valence-electron chi connectivity index (χ0n) is 6.17. The van der Waals surface area contributed by atoms with E-state index in [1.165, 1.54) is 7.11 Å². The van der Waals surface area contributed by atoms with Crippen molar-refractivity contribution in [3.8, 4) is 0 Å². The predicted octanol–water partition coefficient (Wildman–Crippen LogP) is -1.93. The van der Waals surface area contributed by atoms with Crippen molar-refractivity contribution in [2.45, 2.75) is 24.6 Å². The normalized spacial score (nSPS) is 45.8. The van der Waals surface area contributed by atoms with E-state index < -0.39 is 24.6 Å². The van der Waals surface area contributed by atoms with Crippen LogP contribution in [-0.2, 0) is 9.47 Å². The number of ether oxygens (including phenoxy) is 2. The van der Waals surface area contributed by atoms with Crippen LogP contribution in [0.2, 0.25) is 0 Å². The lowest BCUT2D eigenvalue weighted by Crippen LogP contribution is -2.53. The minimum absolute atomic E-state index is 0.0931. The second-order valence-corrected chi connectivity index (χ2v) is 2.48. The van der Waals surface area contributed by atoms with Crippen molar-refractivity contribution in [3.05, 3.63) is 0 Å². The minimum atomic E-state index is -1.31. The largest absolute Gasteiger partial charge is 0.387 e. The van der Waals surface area contributed by atoms with E-state index in [1.54, 1.807) is 0 Å². The molecule has 1 fully saturated rings. The number of hydrogen-bond donors (Lipinski definition) is 3. The molecule has 0 radical (unpaired) electrons. The van der Waals surface area contributed by atoms with Gasteiger partial charge in [0.05, 0.1) is 6.61 Å². The Bertz CT molecular complexity index is 126. The van der Waals surface area contributed by atoms with Crippen LogP contribution in [0, 0.1) is 0 Å². The van der Waals surface area contributed by atoms with Crippen LogP contribution in [0.1, 0.15) is 0 Å². The van der Waals surface area contributed by atoms with Crippen LogP contribution in [0.5, 0.6) is 0 Å². The number of rotatable bonds is 1. The van der Waals surface area contributed by atoms with Crippen LogP contribution >= 0.6 is 0 Å². The molecule has 1 saturated heterocycles. The maximum absolute atomic E-state index is 9.19. The maximum Gasteiger partial charge on any atom is 0.183 e. The molecule has 0 aromatic heterocycles. The Morgan fingerprint density at radius 1 is 1.27 bits per heavy atom. The molecule has 5 nitrogen and oxygen atoms in total. The Morgan fingerprint density at radius 2 is 1.91 bits per heavy atom. The minimum Gasteiger partial charge on any atom is -0.387 e. The van der Waals surface area contributed by atoms with Gasteiger partial charge in [0.25, 0.3) is 0 Å². The zero-order chi connectivity index (χ0) is 8.43. The molecule has 3 N–H and O–H groups in total. The maximum atomic E-state index is 9.19. The Morgan fingerprint density at radius 3 is 2.45 bits per heavy atom. The molecule has 1 aliphatic heterocycles. The van der Waals surface area contributed by atoms with Gasteiger partial charge < -0.3 is 24.8 Å². The first kappa shape index (κ1) is 8.89. The molecule has 0 aromatic rings. The predicted molar refractivity (Wildman–Crippen MR) is 34.8 cm³/mol. The molecular weight excluding hydrogens is 152 g/mol. The monoisotopic (exact) mass is 164 g/mol. The highest BCUT2D eigenvalue weighted by Gasteiger charge is 2.37. The number of aliphatic hydroxyl groups excluding tert-OH is 3. The third kappa shape index (κ3) is 1.69. The highest BCUT2D eigenvalue weighted by molar-refractivity contribution is 4.82. The molecular formula is C6H12O5. The van der Waals surface area contributed by atoms with E-state index in [4.69, 9.17) is 14.9 Å². The summed E-state index contributed by atoms with van der Waals surface area (Å²) in [6.07, 6.45) is -4.23. The molecule has 0 bridgehead atoms. The summed E-state index contributed by atoms with van der Waals surface area (Å²) in [6.45, 7) is 0.0931. The summed E-state index contributed by atoms with van der Waals surface area (Å²) >= 11 is 0. The van der Waals surface area contributed by atoms with Crippen molar-refractivity contribution in [1.29, 1.82) is 0 Å². The molecule has 0 unspecified atom stereocenters. The summed E-state index contributed by atoms with van der Waals surface area (Å²) in [6, 6.07) is 0. The first-order valence-electron chi connectivity index (χ1n) is 3.35. The Labute approximate surface area is 64.2 Å². The van der Waals surface area contributed by atoms with Gasteiger partial charge in [0.1, 0.15) is 18.3 Å². The molecule has 1 rings (SSSR count). The van der Waals surface area contributed by atoms with Gasteiger partial charge in [-0.2, -0.15) is 0 Å². The first-order chi connectivity index (χ1) is 5.16. The number of aliphatic hydroxyl groups is 3. The lowest BCUT2D eigenvalue weighted by molar-refractivity contribution is -0.256. The van der Waals surface area contributed by atoms with E-state index in [-0.39, 0.29) is 6.61 Å². The molecule has 0 aromatic carbocycles. The van der Waals surface area contributed by atoms with Crippen LogP contribution in [-0.4, -0.2) is 53.6 Å². The molecule has 66 valence electrons. The average Bonchev–Trinajstić information content (AvgIpc) is 2.01. The standard InChI is InChI=1S/C6H12O5/c1-10-3-2-11-6(9)5(8)4(3)7/h3-9H,2H2,1H3/t3-,4-,5+,6-/m1/s1. The number of methoxy groups -OCH3 is 1. The summed E-state index contributed by atoms with van der Waals surface area (Å²) in [5, 5.41) is 27.1. The fraction of sp³-hybridized carbons (Fsp3) is 1.00. The van der Waals surface area contributed by atoms with Gasteiger partial charge in [-0.15, -0.1) is 0 Å². The topological polar surface area (TPSA) is 79.2 Å². The molecule has 1 aliphatic rings. The summed E-state index contributed by atoms with van der Waals surface area (Å²) in [5.74, 6) is 0. The third-order valence-corrected chi connectivity index (χ3v) is 1.76. The van der Waals surface area contributed by atoms with E-state index in [2.05, 4.69) is 4.74 Å². The van der Waals surface area contributed by atoms with Crippen molar-refractivity contribution < 1.29 is 24.8 Å². The van der Waals surface area contributed by atoms with Crippen molar-refractivity contribution >= 4 is 0 Å². The summed E-state index contributed by atoms with van der Waals surface area (Å²) < 4.78 is 9.46. The van der Waals surface area contributed by atoms with Gasteiger partial charge in [0.2, 0.25) is 0 Å². The third-order valence-electron chi connectivity index (χ3n) is 1.76. The van der Waals surface area contributed by atoms with Crippen LogP contribution in [0.4, 0.5) is 0 Å². The highest BCUT2D eigenvalue weighted by atomic mass is 16.6. The highest BCUT2D eigenvalue weighted by Crippen LogP contribution is 2.15. The van der Waals surface area contributed by atoms with Crippen molar-refractivity contribution in [2.75, 3.05) is 13.7 Å². The summed E-state index contributed by atoms with van der Waals surface area (Å²) in [7, 11) is 1.40. The average molecular weight is 164 g/mol. The van der Waals surface area contributed by atoms with Gasteiger partial charge in [-0.05, 0) is 0 Å². The van der Waals surface area contributed by atoms with E-state index in [9.17, 15) is 5.11 Å². The number of hydrogen-bond acceptors (Lipinski definition) is 5. The first-order valence-corrected chi connectivity index (χ1v) is 3.35. The smallest absolute Gasteiger partial charge is 0.183 e. The van der Waals surface area contributed by atoms with E-state index >= 15 is 0 Å². The molecule has 5 heteroatoms. The van der Waals surface area contributed by atoms with E-state index in [0.29, 0.717) is 0 Å². The second-order valence-electron chi connectivity index (χ2n) is 2.48. The Kier molecular flexibility index (Phi) is 2.80. The van der Waals surface area contributed by atoms with Crippen molar-refractivity contribution in [3.63, 3.8) is 0 Å². The van der Waals surface area contributed by atoms with E-state index in [1.807, 2.05) is 0 Å². The van der Waals surface area contributed by atoms with Crippen LogP contribution in [0.3, 0.4) is 0 Å². The summed E-state index contributed by atoms with van der Waals surface area (Å²) in [5.41, 5.74) is 0. The summed E-state index contributed by atoms with van der Waals surface area (Å²) in [4.78, 5) is 0. The molecule has 0 saturated carbocycles. The fourth-order valence-electron chi connectivity index (χ4n) is 0.987. The second kappa shape index (κ2) is 3.46. The van der Waals surface area contributed by atoms with Gasteiger partial charge in [0.15, 0.2) is 6.29 Å². The van der Waals surface area contributed by atoms with Crippen LogP contribution < -0.4 is 0 Å². The molecule has 1 heterocycles. The zero-order valence-corrected chi connectivity index (χ0v) is 6.17. The van der Waals surface area contributed by atoms with E-state index in [0.717, 1.165) is 0 Å². The quantitative estimate of drug-likeness (QED) is 0.420. The van der Waals surface area contributed by atoms with Crippen molar-refractivity contribution in [2.24, 2.45) is 0 Å². The Balaban J connectivity index is 2.52.